The Balaban J connectivity index is 2.76. The van der Waals surface area contributed by atoms with Crippen molar-refractivity contribution in [2.24, 2.45) is 0 Å². The average molecular weight is 216 g/mol. The van der Waals surface area contributed by atoms with E-state index in [9.17, 15) is 4.79 Å². The van der Waals surface area contributed by atoms with Gasteiger partial charge in [-0.2, -0.15) is 0 Å². The Morgan fingerprint density at radius 1 is 1.38 bits per heavy atom. The van der Waals surface area contributed by atoms with Gasteiger partial charge in [0.1, 0.15) is 0 Å². The van der Waals surface area contributed by atoms with Gasteiger partial charge in [0.2, 0.25) is 0 Å². The summed E-state index contributed by atoms with van der Waals surface area (Å²) in [5, 5.41) is 0.718. The lowest BCUT2D eigenvalue weighted by atomic mass is 10.1. The molecule has 0 radical (unpaired) electrons. The topological polar surface area (TPSA) is 34.9 Å². The van der Waals surface area contributed by atoms with Gasteiger partial charge in [0.05, 0.1) is 17.2 Å². The summed E-state index contributed by atoms with van der Waals surface area (Å²) in [4.78, 5) is 16.5. The van der Waals surface area contributed by atoms with Gasteiger partial charge in [0.15, 0.2) is 0 Å². The Morgan fingerprint density at radius 2 is 2.12 bits per heavy atom. The fourth-order valence-electron chi connectivity index (χ4n) is 1.77. The SMILES string of the molecule is CCc1ccc2ncn(C(C)C)c(=O)c2c1. The summed E-state index contributed by atoms with van der Waals surface area (Å²) >= 11 is 0. The minimum atomic E-state index is 0.0512. The quantitative estimate of drug-likeness (QED) is 0.773. The van der Waals surface area contributed by atoms with Crippen molar-refractivity contribution in [3.63, 3.8) is 0 Å². The van der Waals surface area contributed by atoms with Crippen molar-refractivity contribution in [2.45, 2.75) is 33.2 Å². The van der Waals surface area contributed by atoms with Crippen LogP contribution in [0.5, 0.6) is 0 Å². The fourth-order valence-corrected chi connectivity index (χ4v) is 1.77. The zero-order chi connectivity index (χ0) is 11.7. The van der Waals surface area contributed by atoms with Gasteiger partial charge in [-0.15, -0.1) is 0 Å². The highest BCUT2D eigenvalue weighted by Gasteiger charge is 2.06. The summed E-state index contributed by atoms with van der Waals surface area (Å²) in [6.07, 6.45) is 2.56. The number of nitrogens with zero attached hydrogens (tertiary/aromatic N) is 2. The molecular formula is C13H16N2O. The molecule has 1 aromatic carbocycles. The summed E-state index contributed by atoms with van der Waals surface area (Å²) < 4.78 is 1.67. The van der Waals surface area contributed by atoms with Crippen LogP contribution in [0.4, 0.5) is 0 Å². The van der Waals surface area contributed by atoms with Crippen molar-refractivity contribution in [2.75, 3.05) is 0 Å². The highest BCUT2D eigenvalue weighted by Crippen LogP contribution is 2.11. The Kier molecular flexibility index (Phi) is 2.77. The van der Waals surface area contributed by atoms with E-state index in [0.717, 1.165) is 17.3 Å². The maximum atomic E-state index is 12.2. The molecule has 16 heavy (non-hydrogen) atoms. The standard InChI is InChI=1S/C13H16N2O/c1-4-10-5-6-12-11(7-10)13(16)15(8-14-12)9(2)3/h5-9H,4H2,1-3H3. The summed E-state index contributed by atoms with van der Waals surface area (Å²) in [6, 6.07) is 6.04. The molecule has 0 unspecified atom stereocenters. The van der Waals surface area contributed by atoms with E-state index < -0.39 is 0 Å². The Bertz CT molecular complexity index is 570. The van der Waals surface area contributed by atoms with Gasteiger partial charge in [-0.05, 0) is 38.0 Å². The first-order valence-electron chi connectivity index (χ1n) is 5.63. The molecule has 0 aliphatic carbocycles. The summed E-state index contributed by atoms with van der Waals surface area (Å²) in [5.41, 5.74) is 2.00. The molecule has 0 atom stereocenters. The molecule has 2 rings (SSSR count). The van der Waals surface area contributed by atoms with Crippen LogP contribution >= 0.6 is 0 Å². The van der Waals surface area contributed by atoms with Crippen LogP contribution in [0.15, 0.2) is 29.3 Å². The predicted octanol–water partition coefficient (Wildman–Crippen LogP) is 2.54. The van der Waals surface area contributed by atoms with Crippen LogP contribution in [0.25, 0.3) is 10.9 Å². The number of aryl methyl sites for hydroxylation is 1. The van der Waals surface area contributed by atoms with Gasteiger partial charge in [-0.1, -0.05) is 13.0 Å². The van der Waals surface area contributed by atoms with Crippen molar-refractivity contribution in [3.05, 3.63) is 40.4 Å². The predicted molar refractivity (Wildman–Crippen MR) is 65.8 cm³/mol. The van der Waals surface area contributed by atoms with Gasteiger partial charge >= 0.3 is 0 Å². The molecule has 3 heteroatoms. The first kappa shape index (κ1) is 10.9. The summed E-state index contributed by atoms with van der Waals surface area (Å²) in [6.45, 7) is 6.05. The van der Waals surface area contributed by atoms with E-state index in [-0.39, 0.29) is 11.6 Å². The van der Waals surface area contributed by atoms with E-state index in [0.29, 0.717) is 0 Å². The highest BCUT2D eigenvalue weighted by molar-refractivity contribution is 5.78. The molecule has 0 aliphatic rings. The second-order valence-electron chi connectivity index (χ2n) is 4.26. The van der Waals surface area contributed by atoms with Gasteiger partial charge in [0.25, 0.3) is 5.56 Å². The third kappa shape index (κ3) is 1.73. The number of hydrogen-bond acceptors (Lipinski definition) is 2. The number of hydrogen-bond donors (Lipinski definition) is 0. The molecule has 0 saturated heterocycles. The molecule has 0 amide bonds. The van der Waals surface area contributed by atoms with Crippen molar-refractivity contribution >= 4 is 10.9 Å². The van der Waals surface area contributed by atoms with E-state index in [4.69, 9.17) is 0 Å². The van der Waals surface area contributed by atoms with Crippen molar-refractivity contribution in [3.8, 4) is 0 Å². The van der Waals surface area contributed by atoms with E-state index >= 15 is 0 Å². The lowest BCUT2D eigenvalue weighted by Crippen LogP contribution is -2.22. The largest absolute Gasteiger partial charge is 0.296 e. The van der Waals surface area contributed by atoms with Crippen LogP contribution in [0.2, 0.25) is 0 Å². The molecule has 84 valence electrons. The molecular weight excluding hydrogens is 200 g/mol. The smallest absolute Gasteiger partial charge is 0.261 e. The molecule has 2 aromatic rings. The zero-order valence-electron chi connectivity index (χ0n) is 9.90. The number of benzene rings is 1. The Morgan fingerprint density at radius 3 is 2.75 bits per heavy atom. The number of fused-ring (bicyclic) bond motifs is 1. The van der Waals surface area contributed by atoms with Gasteiger partial charge < -0.3 is 0 Å². The fraction of sp³-hybridized carbons (Fsp3) is 0.385. The second-order valence-corrected chi connectivity index (χ2v) is 4.26. The molecule has 1 heterocycles. The first-order chi connectivity index (χ1) is 7.63. The lowest BCUT2D eigenvalue weighted by Gasteiger charge is -2.10. The maximum absolute atomic E-state index is 12.2. The van der Waals surface area contributed by atoms with Gasteiger partial charge in [-0.3, -0.25) is 9.36 Å². The monoisotopic (exact) mass is 216 g/mol. The Hall–Kier alpha value is -1.64. The summed E-state index contributed by atoms with van der Waals surface area (Å²) in [5.74, 6) is 0. The molecule has 0 spiro atoms. The number of rotatable bonds is 2. The zero-order valence-corrected chi connectivity index (χ0v) is 9.90. The van der Waals surface area contributed by atoms with Crippen LogP contribution in [0, 0.1) is 0 Å². The van der Waals surface area contributed by atoms with E-state index in [1.165, 1.54) is 5.56 Å². The minimum absolute atomic E-state index is 0.0512. The van der Waals surface area contributed by atoms with Crippen LogP contribution < -0.4 is 5.56 Å². The van der Waals surface area contributed by atoms with Crippen LogP contribution in [-0.4, -0.2) is 9.55 Å². The second kappa shape index (κ2) is 4.08. The first-order valence-corrected chi connectivity index (χ1v) is 5.63. The van der Waals surface area contributed by atoms with Crippen molar-refractivity contribution < 1.29 is 0 Å². The van der Waals surface area contributed by atoms with E-state index in [1.54, 1.807) is 10.9 Å². The van der Waals surface area contributed by atoms with Crippen LogP contribution in [0.1, 0.15) is 32.4 Å². The van der Waals surface area contributed by atoms with Crippen molar-refractivity contribution in [1.82, 2.24) is 9.55 Å². The van der Waals surface area contributed by atoms with Crippen LogP contribution in [-0.2, 0) is 6.42 Å². The molecule has 0 aliphatic heterocycles. The van der Waals surface area contributed by atoms with Crippen molar-refractivity contribution in [1.29, 1.82) is 0 Å². The van der Waals surface area contributed by atoms with E-state index in [2.05, 4.69) is 11.9 Å². The number of aromatic nitrogens is 2. The molecule has 0 saturated carbocycles. The van der Waals surface area contributed by atoms with Crippen LogP contribution in [0.3, 0.4) is 0 Å². The highest BCUT2D eigenvalue weighted by atomic mass is 16.1. The normalized spacial score (nSPS) is 11.2. The maximum Gasteiger partial charge on any atom is 0.261 e. The molecule has 0 N–H and O–H groups in total. The third-order valence-corrected chi connectivity index (χ3v) is 2.81. The summed E-state index contributed by atoms with van der Waals surface area (Å²) in [7, 11) is 0. The Labute approximate surface area is 94.7 Å². The third-order valence-electron chi connectivity index (χ3n) is 2.81. The average Bonchev–Trinajstić information content (AvgIpc) is 2.28. The lowest BCUT2D eigenvalue weighted by molar-refractivity contribution is 0.573. The minimum Gasteiger partial charge on any atom is -0.296 e. The molecule has 1 aromatic heterocycles. The van der Waals surface area contributed by atoms with Gasteiger partial charge in [-0.25, -0.2) is 4.98 Å². The van der Waals surface area contributed by atoms with E-state index in [1.807, 2.05) is 32.0 Å². The van der Waals surface area contributed by atoms with Gasteiger partial charge in [0, 0.05) is 6.04 Å². The molecule has 3 nitrogen and oxygen atoms in total. The molecule has 0 bridgehead atoms. The molecule has 0 fully saturated rings.